The second kappa shape index (κ2) is 8.49. The highest BCUT2D eigenvalue weighted by atomic mass is 35.6. The summed E-state index contributed by atoms with van der Waals surface area (Å²) in [5.41, 5.74) is 0.231. The molecule has 0 radical (unpaired) electrons. The SMILES string of the molecule is O=C(N[C@@H](NC(=S)N1CCOCC1)C(Cl)(Cl)Cl)c1ccc(F)cc1. The first kappa shape index (κ1) is 19.5. The van der Waals surface area contributed by atoms with Crippen molar-refractivity contribution in [3.63, 3.8) is 0 Å². The fourth-order valence-corrected chi connectivity index (χ4v) is 2.62. The minimum atomic E-state index is -1.84. The number of carbonyl (C=O) groups excluding carboxylic acids is 1. The molecule has 10 heteroatoms. The van der Waals surface area contributed by atoms with E-state index < -0.39 is 21.7 Å². The van der Waals surface area contributed by atoms with E-state index in [4.69, 9.17) is 51.8 Å². The number of thiocarbonyl (C=S) groups is 1. The van der Waals surface area contributed by atoms with Gasteiger partial charge in [-0.15, -0.1) is 0 Å². The number of hydrogen-bond donors (Lipinski definition) is 2. The highest BCUT2D eigenvalue weighted by molar-refractivity contribution is 7.80. The third-order valence-electron chi connectivity index (χ3n) is 3.28. The standard InChI is InChI=1S/C14H15Cl3FN3O2S/c15-14(16,17)12(20-13(24)21-5-7-23-8-6-21)19-11(22)9-1-3-10(18)4-2-9/h1-4,12H,5-8H2,(H,19,22)(H,20,24)/t12-/m0/s1. The number of morpholine rings is 1. The summed E-state index contributed by atoms with van der Waals surface area (Å²) in [6, 6.07) is 5.01. The van der Waals surface area contributed by atoms with Crippen LogP contribution in [-0.2, 0) is 4.74 Å². The Balaban J connectivity index is 2.03. The molecule has 1 amide bonds. The number of carbonyl (C=O) groups is 1. The van der Waals surface area contributed by atoms with Gasteiger partial charge in [0.05, 0.1) is 13.2 Å². The molecule has 132 valence electrons. The first-order valence-electron chi connectivity index (χ1n) is 7.03. The number of benzene rings is 1. The predicted octanol–water partition coefficient (Wildman–Crippen LogP) is 2.46. The minimum absolute atomic E-state index is 0.231. The molecule has 1 aliphatic rings. The van der Waals surface area contributed by atoms with E-state index >= 15 is 0 Å². The molecule has 2 rings (SSSR count). The van der Waals surface area contributed by atoms with E-state index in [2.05, 4.69) is 10.6 Å². The lowest BCUT2D eigenvalue weighted by molar-refractivity contribution is 0.0671. The van der Waals surface area contributed by atoms with Crippen LogP contribution in [0, 0.1) is 5.82 Å². The van der Waals surface area contributed by atoms with E-state index in [0.717, 1.165) is 0 Å². The molecule has 5 nitrogen and oxygen atoms in total. The molecule has 24 heavy (non-hydrogen) atoms. The molecular formula is C14H15Cl3FN3O2S. The van der Waals surface area contributed by atoms with Crippen LogP contribution in [0.5, 0.6) is 0 Å². The molecular weight excluding hydrogens is 400 g/mol. The normalized spacial score (nSPS) is 16.4. The number of nitrogens with zero attached hydrogens (tertiary/aromatic N) is 1. The Kier molecular flexibility index (Phi) is 6.88. The summed E-state index contributed by atoms with van der Waals surface area (Å²) in [4.78, 5) is 14.1. The van der Waals surface area contributed by atoms with Crippen LogP contribution in [-0.4, -0.2) is 52.2 Å². The molecule has 0 saturated carbocycles. The number of hydrogen-bond acceptors (Lipinski definition) is 3. The highest BCUT2D eigenvalue weighted by Gasteiger charge is 2.35. The van der Waals surface area contributed by atoms with Gasteiger partial charge in [-0.1, -0.05) is 34.8 Å². The molecule has 0 aromatic heterocycles. The maximum Gasteiger partial charge on any atom is 0.252 e. The van der Waals surface area contributed by atoms with Crippen LogP contribution in [0.3, 0.4) is 0 Å². The summed E-state index contributed by atoms with van der Waals surface area (Å²) in [5, 5.41) is 5.73. The highest BCUT2D eigenvalue weighted by Crippen LogP contribution is 2.29. The summed E-state index contributed by atoms with van der Waals surface area (Å²) < 4.78 is 16.3. The van der Waals surface area contributed by atoms with Crippen molar-refractivity contribution in [2.24, 2.45) is 0 Å². The summed E-state index contributed by atoms with van der Waals surface area (Å²) >= 11 is 23.1. The molecule has 1 saturated heterocycles. The molecule has 1 atom stereocenters. The number of ether oxygens (including phenoxy) is 1. The van der Waals surface area contributed by atoms with E-state index in [1.165, 1.54) is 24.3 Å². The van der Waals surface area contributed by atoms with Crippen molar-refractivity contribution in [3.05, 3.63) is 35.6 Å². The first-order valence-corrected chi connectivity index (χ1v) is 8.58. The minimum Gasteiger partial charge on any atom is -0.378 e. The van der Waals surface area contributed by atoms with Gasteiger partial charge in [0.25, 0.3) is 5.91 Å². The average molecular weight is 415 g/mol. The van der Waals surface area contributed by atoms with Crippen molar-refractivity contribution in [3.8, 4) is 0 Å². The van der Waals surface area contributed by atoms with Gasteiger partial charge in [-0.05, 0) is 36.5 Å². The molecule has 0 spiro atoms. The van der Waals surface area contributed by atoms with Crippen LogP contribution in [0.15, 0.2) is 24.3 Å². The fourth-order valence-electron chi connectivity index (χ4n) is 2.00. The van der Waals surface area contributed by atoms with E-state index in [-0.39, 0.29) is 5.56 Å². The molecule has 2 N–H and O–H groups in total. The van der Waals surface area contributed by atoms with Crippen LogP contribution in [0.1, 0.15) is 10.4 Å². The fraction of sp³-hybridized carbons (Fsp3) is 0.429. The van der Waals surface area contributed by atoms with Crippen LogP contribution in [0.25, 0.3) is 0 Å². The topological polar surface area (TPSA) is 53.6 Å². The van der Waals surface area contributed by atoms with Gasteiger partial charge < -0.3 is 20.3 Å². The Morgan fingerprint density at radius 1 is 1.21 bits per heavy atom. The van der Waals surface area contributed by atoms with Crippen LogP contribution < -0.4 is 10.6 Å². The predicted molar refractivity (Wildman–Crippen MR) is 96.1 cm³/mol. The zero-order valence-electron chi connectivity index (χ0n) is 12.4. The van der Waals surface area contributed by atoms with Crippen molar-refractivity contribution in [2.75, 3.05) is 26.3 Å². The number of nitrogens with one attached hydrogen (secondary N) is 2. The van der Waals surface area contributed by atoms with E-state index in [0.29, 0.717) is 31.4 Å². The van der Waals surface area contributed by atoms with Crippen LogP contribution >= 0.6 is 47.0 Å². The summed E-state index contributed by atoms with van der Waals surface area (Å²) in [7, 11) is 0. The zero-order chi connectivity index (χ0) is 17.7. The van der Waals surface area contributed by atoms with Crippen molar-refractivity contribution in [2.45, 2.75) is 9.96 Å². The van der Waals surface area contributed by atoms with E-state index in [1.807, 2.05) is 4.90 Å². The second-order valence-corrected chi connectivity index (χ2v) is 7.76. The summed E-state index contributed by atoms with van der Waals surface area (Å²) in [6.07, 6.45) is -1.06. The van der Waals surface area contributed by atoms with E-state index in [9.17, 15) is 9.18 Å². The zero-order valence-corrected chi connectivity index (χ0v) is 15.5. The molecule has 0 unspecified atom stereocenters. The Morgan fingerprint density at radius 2 is 1.79 bits per heavy atom. The molecule has 1 aliphatic heterocycles. The largest absolute Gasteiger partial charge is 0.378 e. The van der Waals surface area contributed by atoms with Gasteiger partial charge >= 0.3 is 0 Å². The quantitative estimate of drug-likeness (QED) is 0.452. The lowest BCUT2D eigenvalue weighted by Gasteiger charge is -2.34. The second-order valence-electron chi connectivity index (χ2n) is 5.00. The molecule has 1 aromatic rings. The third kappa shape index (κ3) is 5.60. The monoisotopic (exact) mass is 413 g/mol. The van der Waals surface area contributed by atoms with Crippen LogP contribution in [0.4, 0.5) is 4.39 Å². The number of halogens is 4. The maximum absolute atomic E-state index is 12.9. The summed E-state index contributed by atoms with van der Waals surface area (Å²) in [6.45, 7) is 2.29. The van der Waals surface area contributed by atoms with Crippen LogP contribution in [0.2, 0.25) is 0 Å². The third-order valence-corrected chi connectivity index (χ3v) is 4.31. The number of alkyl halides is 3. The molecule has 0 bridgehead atoms. The Labute approximate surface area is 159 Å². The molecule has 1 aromatic carbocycles. The summed E-state index contributed by atoms with van der Waals surface area (Å²) in [5.74, 6) is -0.973. The molecule has 0 aliphatic carbocycles. The van der Waals surface area contributed by atoms with Gasteiger partial charge in [0, 0.05) is 18.7 Å². The van der Waals surface area contributed by atoms with Gasteiger partial charge in [0.1, 0.15) is 12.0 Å². The smallest absolute Gasteiger partial charge is 0.252 e. The molecule has 1 heterocycles. The molecule has 1 fully saturated rings. The van der Waals surface area contributed by atoms with E-state index in [1.54, 1.807) is 0 Å². The van der Waals surface area contributed by atoms with Gasteiger partial charge in [0.15, 0.2) is 5.11 Å². The van der Waals surface area contributed by atoms with Crippen molar-refractivity contribution in [1.82, 2.24) is 15.5 Å². The average Bonchev–Trinajstić information content (AvgIpc) is 2.54. The van der Waals surface area contributed by atoms with Crippen molar-refractivity contribution in [1.29, 1.82) is 0 Å². The van der Waals surface area contributed by atoms with Crippen molar-refractivity contribution < 1.29 is 13.9 Å². The van der Waals surface area contributed by atoms with Crippen molar-refractivity contribution >= 4 is 58.0 Å². The first-order chi connectivity index (χ1) is 11.3. The van der Waals surface area contributed by atoms with Gasteiger partial charge in [-0.3, -0.25) is 4.79 Å². The Morgan fingerprint density at radius 3 is 2.33 bits per heavy atom. The Hall–Kier alpha value is -0.860. The number of amides is 1. The Bertz CT molecular complexity index is 592. The lowest BCUT2D eigenvalue weighted by atomic mass is 10.2. The maximum atomic E-state index is 12.9. The van der Waals surface area contributed by atoms with Gasteiger partial charge in [-0.25, -0.2) is 4.39 Å². The number of rotatable bonds is 3. The van der Waals surface area contributed by atoms with Gasteiger partial charge in [-0.2, -0.15) is 0 Å². The van der Waals surface area contributed by atoms with Gasteiger partial charge in [0.2, 0.25) is 3.79 Å². The lowest BCUT2D eigenvalue weighted by Crippen LogP contribution is -2.59.